The number of halogens is 1. The fraction of sp³-hybridized carbons (Fsp3) is 0.411. The zero-order chi connectivity index (χ0) is 52.4. The summed E-state index contributed by atoms with van der Waals surface area (Å²) in [5, 5.41) is 22.4. The van der Waals surface area contributed by atoms with Gasteiger partial charge in [-0.2, -0.15) is 5.10 Å². The van der Waals surface area contributed by atoms with Gasteiger partial charge in [0, 0.05) is 88.9 Å². The van der Waals surface area contributed by atoms with E-state index in [2.05, 4.69) is 46.4 Å². The van der Waals surface area contributed by atoms with E-state index < -0.39 is 35.3 Å². The van der Waals surface area contributed by atoms with E-state index in [1.807, 2.05) is 81.7 Å². The molecule has 4 amide bonds. The number of β-amino-alcohol motifs (C(OH)–C–C–N with tert-alkyl or cyclic N) is 1. The molecule has 0 unspecified atom stereocenters. The minimum Gasteiger partial charge on any atom is -0.391 e. The number of nitrogens with one attached hydrogen (secondary N) is 2. The van der Waals surface area contributed by atoms with Crippen molar-refractivity contribution in [1.29, 1.82) is 0 Å². The number of hydrogen-bond donors (Lipinski definition) is 3. The molecular formula is C56H63FN12O5S. The van der Waals surface area contributed by atoms with Crippen LogP contribution >= 0.6 is 11.3 Å². The van der Waals surface area contributed by atoms with Gasteiger partial charge >= 0.3 is 0 Å². The fourth-order valence-corrected chi connectivity index (χ4v) is 11.4. The molecule has 3 atom stereocenters. The molecule has 10 rings (SSSR count). The smallest absolute Gasteiger partial charge is 0.256 e. The van der Waals surface area contributed by atoms with Crippen molar-refractivity contribution < 1.29 is 28.7 Å². The van der Waals surface area contributed by atoms with Gasteiger partial charge in [-0.25, -0.2) is 23.9 Å². The molecule has 7 aromatic rings. The SMILES string of the molecule is Cc1ncsc1-c1ccc(CNC(=O)[C@@H]2C[C@@H](O)CN2C(=O)[C@@H](NC(=O)CN2CCN(CC3CCN(C(=O)c4ccc(-c5cnc6ncc(Cc7ccc8ncccc8c7)n6n5)cc4F)CC3)CC2)C(C)(C)C)cc1. The minimum absolute atomic E-state index is 0.00305. The Kier molecular flexibility index (Phi) is 15.1. The van der Waals surface area contributed by atoms with Crippen molar-refractivity contribution in [3.63, 3.8) is 0 Å². The Morgan fingerprint density at radius 3 is 2.32 bits per heavy atom. The lowest BCUT2D eigenvalue weighted by atomic mass is 9.85. The first-order valence-electron chi connectivity index (χ1n) is 25.8. The van der Waals surface area contributed by atoms with Crippen LogP contribution in [0.25, 0.3) is 38.4 Å². The number of piperidine rings is 1. The summed E-state index contributed by atoms with van der Waals surface area (Å²) in [6.07, 6.45) is 6.50. The standard InChI is InChI=1S/C56H63FN12O5S/c1-35-50(75-34-62-35)39-10-7-36(8-11-39)28-59-52(72)48-27-43(70)32-68(48)54(74)51(56(2,3)4)63-49(71)33-66-22-20-65(21-23-66)31-37-15-18-67(19-16-37)53(73)44-13-12-41(26-45(44)57)47-30-61-55-60-29-42(69(55)64-47)25-38-9-14-46-40(24-38)6-5-17-58-46/h5-14,17,24,26,29-30,34,37,43,48,51,70H,15-16,18-23,25,27-28,31-33H2,1-4H3,(H,59,72)(H,63,71)/t43-,48+,51-/m1/s1. The molecule has 3 saturated heterocycles. The molecule has 19 heteroatoms. The number of piperazine rings is 1. The number of imidazole rings is 1. The first-order chi connectivity index (χ1) is 36.1. The van der Waals surface area contributed by atoms with E-state index in [4.69, 9.17) is 5.10 Å². The Morgan fingerprint density at radius 2 is 1.59 bits per heavy atom. The van der Waals surface area contributed by atoms with Crippen molar-refractivity contribution in [3.8, 4) is 21.7 Å². The quantitative estimate of drug-likeness (QED) is 0.119. The average Bonchev–Trinajstić information content (AvgIpc) is 4.15. The van der Waals surface area contributed by atoms with Gasteiger partial charge in [0.25, 0.3) is 11.7 Å². The Hall–Kier alpha value is -7.06. The van der Waals surface area contributed by atoms with Crippen molar-refractivity contribution in [3.05, 3.63) is 131 Å². The lowest BCUT2D eigenvalue weighted by Crippen LogP contribution is -2.59. The molecule has 75 heavy (non-hydrogen) atoms. The lowest BCUT2D eigenvalue weighted by Gasteiger charge is -2.39. The number of hydrogen-bond acceptors (Lipinski definition) is 13. The van der Waals surface area contributed by atoms with Crippen LogP contribution < -0.4 is 10.6 Å². The molecule has 0 saturated carbocycles. The van der Waals surface area contributed by atoms with Gasteiger partial charge in [-0.3, -0.25) is 29.1 Å². The summed E-state index contributed by atoms with van der Waals surface area (Å²) in [5.74, 6) is -1.15. The molecule has 3 N–H and O–H groups in total. The molecule has 390 valence electrons. The molecule has 0 spiro atoms. The number of likely N-dealkylation sites (tertiary alicyclic amines) is 2. The highest BCUT2D eigenvalue weighted by molar-refractivity contribution is 7.13. The Morgan fingerprint density at radius 1 is 0.853 bits per heavy atom. The van der Waals surface area contributed by atoms with Crippen LogP contribution in [0.3, 0.4) is 0 Å². The maximum Gasteiger partial charge on any atom is 0.256 e. The Labute approximate surface area is 439 Å². The van der Waals surface area contributed by atoms with Crippen molar-refractivity contribution in [2.75, 3.05) is 58.9 Å². The fourth-order valence-electron chi connectivity index (χ4n) is 10.5. The van der Waals surface area contributed by atoms with E-state index >= 15 is 4.39 Å². The molecule has 0 aliphatic carbocycles. The number of nitrogens with zero attached hydrogens (tertiary/aromatic N) is 10. The predicted octanol–water partition coefficient (Wildman–Crippen LogP) is 5.78. The van der Waals surface area contributed by atoms with Crippen molar-refractivity contribution in [2.24, 2.45) is 11.3 Å². The van der Waals surface area contributed by atoms with Crippen LogP contribution in [0.1, 0.15) is 72.9 Å². The molecule has 3 fully saturated rings. The van der Waals surface area contributed by atoms with Crippen LogP contribution in [0.15, 0.2) is 96.9 Å². The van der Waals surface area contributed by atoms with Crippen molar-refractivity contribution in [2.45, 2.75) is 78.1 Å². The third-order valence-corrected chi connectivity index (χ3v) is 15.8. The molecule has 3 aliphatic heterocycles. The van der Waals surface area contributed by atoms with Crippen molar-refractivity contribution in [1.82, 2.24) is 59.8 Å². The monoisotopic (exact) mass is 1030 g/mol. The zero-order valence-electron chi connectivity index (χ0n) is 42.8. The molecule has 7 heterocycles. The molecule has 3 aliphatic rings. The second-order valence-corrected chi connectivity index (χ2v) is 22.1. The van der Waals surface area contributed by atoms with Crippen LogP contribution in [0.5, 0.6) is 0 Å². The normalized spacial score (nSPS) is 18.4. The highest BCUT2D eigenvalue weighted by Gasteiger charge is 2.44. The van der Waals surface area contributed by atoms with E-state index in [1.165, 1.54) is 17.0 Å². The molecule has 0 bridgehead atoms. The number of thiazole rings is 1. The van der Waals surface area contributed by atoms with Crippen LogP contribution in [-0.2, 0) is 27.3 Å². The number of aliphatic hydroxyl groups excluding tert-OH is 1. The maximum atomic E-state index is 15.8. The summed E-state index contributed by atoms with van der Waals surface area (Å²) in [6, 6.07) is 20.8. The third kappa shape index (κ3) is 11.8. The van der Waals surface area contributed by atoms with Crippen LogP contribution in [-0.4, -0.2) is 155 Å². The number of pyridine rings is 1. The summed E-state index contributed by atoms with van der Waals surface area (Å²) >= 11 is 1.58. The van der Waals surface area contributed by atoms with Gasteiger partial charge in [0.1, 0.15) is 23.6 Å². The van der Waals surface area contributed by atoms with Gasteiger partial charge in [0.2, 0.25) is 17.7 Å². The summed E-state index contributed by atoms with van der Waals surface area (Å²) < 4.78 is 17.4. The molecular weight excluding hydrogens is 972 g/mol. The molecule has 0 radical (unpaired) electrons. The highest BCUT2D eigenvalue weighted by Crippen LogP contribution is 2.30. The molecule has 4 aromatic heterocycles. The van der Waals surface area contributed by atoms with Gasteiger partial charge in [-0.05, 0) is 78.1 Å². The number of rotatable bonds is 14. The molecule has 3 aromatic carbocycles. The van der Waals surface area contributed by atoms with Crippen molar-refractivity contribution >= 4 is 51.6 Å². The first-order valence-corrected chi connectivity index (χ1v) is 26.6. The van der Waals surface area contributed by atoms with E-state index in [1.54, 1.807) is 45.4 Å². The topological polar surface area (TPSA) is 194 Å². The number of carbonyl (C=O) groups excluding carboxylic acids is 4. The van der Waals surface area contributed by atoms with E-state index in [9.17, 15) is 24.3 Å². The van der Waals surface area contributed by atoms with Gasteiger partial charge in [0.05, 0.1) is 57.9 Å². The summed E-state index contributed by atoms with van der Waals surface area (Å²) in [7, 11) is 0. The van der Waals surface area contributed by atoms with Gasteiger partial charge in [0.15, 0.2) is 0 Å². The van der Waals surface area contributed by atoms with Crippen LogP contribution in [0, 0.1) is 24.1 Å². The van der Waals surface area contributed by atoms with Gasteiger partial charge in [-0.1, -0.05) is 63.2 Å². The number of amides is 4. The van der Waals surface area contributed by atoms with E-state index in [0.29, 0.717) is 55.6 Å². The maximum absolute atomic E-state index is 15.8. The number of fused-ring (bicyclic) bond motifs is 2. The second kappa shape index (κ2) is 22.0. The summed E-state index contributed by atoms with van der Waals surface area (Å²) in [5.41, 5.74) is 7.88. The van der Waals surface area contributed by atoms with Crippen LogP contribution in [0.2, 0.25) is 0 Å². The number of aliphatic hydroxyl groups is 1. The van der Waals surface area contributed by atoms with E-state index in [-0.39, 0.29) is 49.3 Å². The first kappa shape index (κ1) is 51.4. The van der Waals surface area contributed by atoms with Gasteiger partial charge < -0.3 is 30.4 Å². The van der Waals surface area contributed by atoms with Crippen LogP contribution in [0.4, 0.5) is 4.39 Å². The Balaban J connectivity index is 0.669. The summed E-state index contributed by atoms with van der Waals surface area (Å²) in [6.45, 7) is 12.8. The number of benzene rings is 3. The average molecular weight is 1040 g/mol. The third-order valence-electron chi connectivity index (χ3n) is 14.8. The number of aromatic nitrogens is 6. The Bertz CT molecular complexity index is 3210. The second-order valence-electron chi connectivity index (χ2n) is 21.3. The number of carbonyl (C=O) groups is 4. The lowest BCUT2D eigenvalue weighted by molar-refractivity contribution is -0.144. The summed E-state index contributed by atoms with van der Waals surface area (Å²) in [4.78, 5) is 81.5. The van der Waals surface area contributed by atoms with E-state index in [0.717, 1.165) is 76.3 Å². The zero-order valence-corrected chi connectivity index (χ0v) is 43.6. The largest absolute Gasteiger partial charge is 0.391 e. The van der Waals surface area contributed by atoms with Gasteiger partial charge in [-0.15, -0.1) is 11.3 Å². The highest BCUT2D eigenvalue weighted by atomic mass is 32.1. The minimum atomic E-state index is -0.915. The number of aryl methyl sites for hydroxylation is 1. The predicted molar refractivity (Wildman–Crippen MR) is 284 cm³/mol. The molecule has 17 nitrogen and oxygen atoms in total.